The van der Waals surface area contributed by atoms with Gasteiger partial charge in [-0.25, -0.2) is 0 Å². The first-order valence-electron chi connectivity index (χ1n) is 11.8. The van der Waals surface area contributed by atoms with Gasteiger partial charge in [-0.05, 0) is 43.5 Å². The zero-order valence-corrected chi connectivity index (χ0v) is 19.2. The topological polar surface area (TPSA) is 108 Å². The number of rotatable bonds is 7. The maximum Gasteiger partial charge on any atom is 0.227 e. The second kappa shape index (κ2) is 8.94. The lowest BCUT2D eigenvalue weighted by Gasteiger charge is -2.33. The summed E-state index contributed by atoms with van der Waals surface area (Å²) in [4.78, 5) is 18.8. The molecule has 0 aromatic carbocycles. The number of aromatic nitrogens is 3. The van der Waals surface area contributed by atoms with Crippen LogP contribution < -0.4 is 15.5 Å². The van der Waals surface area contributed by atoms with E-state index in [1.165, 1.54) is 18.4 Å². The lowest BCUT2D eigenvalue weighted by atomic mass is 10.2. The molecule has 0 bridgehead atoms. The third kappa shape index (κ3) is 4.67. The number of amidine groups is 1. The Morgan fingerprint density at radius 3 is 2.79 bits per heavy atom. The molecule has 1 aliphatic carbocycles. The molecule has 0 spiro atoms. The number of piperazine rings is 1. The Balaban J connectivity index is 1.20. The molecule has 10 nitrogen and oxygen atoms in total. The van der Waals surface area contributed by atoms with Crippen LogP contribution in [0.5, 0.6) is 0 Å². The van der Waals surface area contributed by atoms with Crippen LogP contribution >= 0.6 is 0 Å². The molecule has 2 fully saturated rings. The van der Waals surface area contributed by atoms with Crippen LogP contribution in [-0.4, -0.2) is 65.6 Å². The van der Waals surface area contributed by atoms with E-state index < -0.39 is 0 Å². The minimum absolute atomic E-state index is 0.420. The first-order chi connectivity index (χ1) is 16.7. The van der Waals surface area contributed by atoms with E-state index in [0.717, 1.165) is 67.4 Å². The van der Waals surface area contributed by atoms with E-state index in [-0.39, 0.29) is 0 Å². The molecule has 3 aliphatic rings. The van der Waals surface area contributed by atoms with Crippen LogP contribution in [0.25, 0.3) is 11.3 Å². The molecule has 1 saturated heterocycles. The lowest BCUT2D eigenvalue weighted by Crippen LogP contribution is -2.44. The van der Waals surface area contributed by atoms with Crippen molar-refractivity contribution in [3.05, 3.63) is 48.1 Å². The summed E-state index contributed by atoms with van der Waals surface area (Å²) in [7, 11) is 2.15. The molecule has 0 atom stereocenters. The number of anilines is 3. The van der Waals surface area contributed by atoms with Gasteiger partial charge in [0.25, 0.3) is 0 Å². The number of aliphatic imine (C=N–C) groups is 1. The third-order valence-electron chi connectivity index (χ3n) is 6.45. The quantitative estimate of drug-likeness (QED) is 0.549. The molecule has 1 saturated carbocycles. The fourth-order valence-corrected chi connectivity index (χ4v) is 4.24. The van der Waals surface area contributed by atoms with E-state index in [2.05, 4.69) is 43.7 Å². The fourth-order valence-electron chi connectivity index (χ4n) is 4.24. The summed E-state index contributed by atoms with van der Waals surface area (Å²) in [6, 6.07) is 5.75. The summed E-state index contributed by atoms with van der Waals surface area (Å²) in [6.07, 6.45) is 8.01. The molecule has 34 heavy (non-hydrogen) atoms. The van der Waals surface area contributed by atoms with E-state index in [0.29, 0.717) is 18.3 Å². The average molecular weight is 461 g/mol. The van der Waals surface area contributed by atoms with Gasteiger partial charge in [-0.1, -0.05) is 5.16 Å². The zero-order chi connectivity index (χ0) is 22.9. The van der Waals surface area contributed by atoms with Gasteiger partial charge in [0.2, 0.25) is 5.95 Å². The maximum absolute atomic E-state index is 5.48. The molecule has 2 aliphatic heterocycles. The van der Waals surface area contributed by atoms with Crippen molar-refractivity contribution >= 4 is 23.4 Å². The molecule has 3 aromatic heterocycles. The van der Waals surface area contributed by atoms with E-state index in [1.807, 2.05) is 18.2 Å². The number of nitrogens with zero attached hydrogens (tertiary/aromatic N) is 6. The largest absolute Gasteiger partial charge is 0.472 e. The van der Waals surface area contributed by atoms with E-state index in [4.69, 9.17) is 18.9 Å². The summed E-state index contributed by atoms with van der Waals surface area (Å²) < 4.78 is 10.6. The predicted molar refractivity (Wildman–Crippen MR) is 130 cm³/mol. The van der Waals surface area contributed by atoms with Gasteiger partial charge in [-0.3, -0.25) is 4.99 Å². The summed E-state index contributed by atoms with van der Waals surface area (Å²) in [5.41, 5.74) is 3.04. The number of hydrogen-bond donors (Lipinski definition) is 2. The Bertz CT molecular complexity index is 1200. The highest BCUT2D eigenvalue weighted by Crippen LogP contribution is 2.38. The number of furan rings is 1. The summed E-state index contributed by atoms with van der Waals surface area (Å²) in [6.45, 7) is 5.07. The van der Waals surface area contributed by atoms with Crippen molar-refractivity contribution in [2.24, 2.45) is 10.9 Å². The van der Waals surface area contributed by atoms with Gasteiger partial charge in [-0.15, -0.1) is 0 Å². The average Bonchev–Trinajstić information content (AvgIpc) is 3.22. The highest BCUT2D eigenvalue weighted by atomic mass is 16.5. The second-order valence-electron chi connectivity index (χ2n) is 9.09. The summed E-state index contributed by atoms with van der Waals surface area (Å²) in [5.74, 6) is 4.45. The first-order valence-corrected chi connectivity index (χ1v) is 11.8. The molecule has 0 radical (unpaired) electrons. The van der Waals surface area contributed by atoms with Crippen molar-refractivity contribution < 1.29 is 8.94 Å². The minimum atomic E-state index is 0.420. The van der Waals surface area contributed by atoms with Crippen molar-refractivity contribution in [3.8, 4) is 11.3 Å². The Morgan fingerprint density at radius 2 is 2.00 bits per heavy atom. The number of likely N-dealkylation sites (N-methyl/N-ethyl adjacent to an activating group) is 1. The first kappa shape index (κ1) is 20.9. The minimum Gasteiger partial charge on any atom is -0.472 e. The molecule has 5 heterocycles. The normalized spacial score (nSPS) is 18.7. The highest BCUT2D eigenvalue weighted by Gasteiger charge is 2.28. The Kier molecular flexibility index (Phi) is 5.50. The molecular weight excluding hydrogens is 432 g/mol. The predicted octanol–water partition coefficient (Wildman–Crippen LogP) is 3.25. The Hall–Kier alpha value is -3.66. The fraction of sp³-hybridized carbons (Fsp3) is 0.417. The molecule has 2 N–H and O–H groups in total. The van der Waals surface area contributed by atoms with Crippen LogP contribution in [0.2, 0.25) is 0 Å². The Morgan fingerprint density at radius 1 is 1.12 bits per heavy atom. The van der Waals surface area contributed by atoms with Crippen LogP contribution in [0.3, 0.4) is 0 Å². The van der Waals surface area contributed by atoms with Gasteiger partial charge in [-0.2, -0.15) is 9.97 Å². The van der Waals surface area contributed by atoms with E-state index in [9.17, 15) is 0 Å². The standard InChI is InChI=1S/C24H28N8O2/c1-31-5-7-32(8-6-31)23-12-22(27-21-10-18(13-25-21)16-2-3-16)28-24(29-23)26-14-19-11-20(30-34-19)17-4-9-33-15-17/h4,9-12,15-16H,2-3,5-8,13-14H2,1H3,(H2,25,26,27,28,29). The van der Waals surface area contributed by atoms with E-state index in [1.54, 1.807) is 12.5 Å². The van der Waals surface area contributed by atoms with Crippen molar-refractivity contribution in [1.29, 1.82) is 0 Å². The van der Waals surface area contributed by atoms with Gasteiger partial charge < -0.3 is 29.4 Å². The van der Waals surface area contributed by atoms with Crippen molar-refractivity contribution in [2.75, 3.05) is 55.3 Å². The summed E-state index contributed by atoms with van der Waals surface area (Å²) >= 11 is 0. The molecule has 0 unspecified atom stereocenters. The van der Waals surface area contributed by atoms with Crippen LogP contribution in [0.4, 0.5) is 17.6 Å². The smallest absolute Gasteiger partial charge is 0.227 e. The van der Waals surface area contributed by atoms with Crippen LogP contribution in [0, 0.1) is 5.92 Å². The Labute approximate surface area is 197 Å². The SMILES string of the molecule is CN1CCN(c2cc(NC3=NCC(C4CC4)=C3)nc(NCc3cc(-c4ccoc4)no3)n2)CC1. The van der Waals surface area contributed by atoms with Crippen LogP contribution in [-0.2, 0) is 6.54 Å². The molecular formula is C24H28N8O2. The zero-order valence-electron chi connectivity index (χ0n) is 19.2. The van der Waals surface area contributed by atoms with Crippen molar-refractivity contribution in [3.63, 3.8) is 0 Å². The molecule has 6 rings (SSSR count). The third-order valence-corrected chi connectivity index (χ3v) is 6.45. The molecule has 10 heteroatoms. The van der Waals surface area contributed by atoms with Crippen LogP contribution in [0.15, 0.2) is 56.3 Å². The molecule has 0 amide bonds. The van der Waals surface area contributed by atoms with Gasteiger partial charge in [0.1, 0.15) is 23.2 Å². The maximum atomic E-state index is 5.48. The second-order valence-corrected chi connectivity index (χ2v) is 9.09. The number of hydrogen-bond acceptors (Lipinski definition) is 10. The molecule has 176 valence electrons. The lowest BCUT2D eigenvalue weighted by molar-refractivity contribution is 0.312. The van der Waals surface area contributed by atoms with Gasteiger partial charge >= 0.3 is 0 Å². The highest BCUT2D eigenvalue weighted by molar-refractivity contribution is 6.05. The monoisotopic (exact) mass is 460 g/mol. The van der Waals surface area contributed by atoms with Crippen molar-refractivity contribution in [1.82, 2.24) is 20.0 Å². The molecule has 3 aromatic rings. The summed E-state index contributed by atoms with van der Waals surface area (Å²) in [5, 5.41) is 10.8. The van der Waals surface area contributed by atoms with Gasteiger partial charge in [0.15, 0.2) is 5.76 Å². The van der Waals surface area contributed by atoms with E-state index >= 15 is 0 Å². The van der Waals surface area contributed by atoms with Gasteiger partial charge in [0, 0.05) is 43.9 Å². The number of nitrogens with one attached hydrogen (secondary N) is 2. The van der Waals surface area contributed by atoms with Crippen LogP contribution in [0.1, 0.15) is 18.6 Å². The van der Waals surface area contributed by atoms with Gasteiger partial charge in [0.05, 0.1) is 25.6 Å². The van der Waals surface area contributed by atoms with Crippen molar-refractivity contribution in [2.45, 2.75) is 19.4 Å².